The Morgan fingerprint density at radius 3 is 2.96 bits per heavy atom. The molecule has 0 radical (unpaired) electrons. The summed E-state index contributed by atoms with van der Waals surface area (Å²) in [5.74, 6) is 0.818. The van der Waals surface area contributed by atoms with E-state index in [1.807, 2.05) is 26.0 Å². The first-order valence-corrected chi connectivity index (χ1v) is 8.06. The van der Waals surface area contributed by atoms with Gasteiger partial charge in [-0.15, -0.1) is 0 Å². The lowest BCUT2D eigenvalue weighted by atomic mass is 10.1. The molecule has 1 atom stereocenters. The second-order valence-corrected chi connectivity index (χ2v) is 5.83. The molecule has 4 nitrogen and oxygen atoms in total. The number of carbonyl (C=O) groups is 1. The van der Waals surface area contributed by atoms with Gasteiger partial charge < -0.3 is 14.8 Å². The minimum atomic E-state index is -0.433. The number of amides is 1. The molecule has 0 fully saturated rings. The maximum atomic E-state index is 13.2. The monoisotopic (exact) mass is 329 g/mol. The van der Waals surface area contributed by atoms with Gasteiger partial charge in [-0.2, -0.15) is 0 Å². The Balaban J connectivity index is 1.77. The quantitative estimate of drug-likeness (QED) is 0.913. The molecule has 24 heavy (non-hydrogen) atoms. The summed E-state index contributed by atoms with van der Waals surface area (Å²) in [5.41, 5.74) is 2.25. The molecular weight excluding hydrogens is 309 g/mol. The summed E-state index contributed by atoms with van der Waals surface area (Å²) in [6, 6.07) is 9.51. The molecule has 1 aliphatic heterocycles. The first-order chi connectivity index (χ1) is 11.6. The maximum Gasteiger partial charge on any atom is 0.251 e. The lowest BCUT2D eigenvalue weighted by Gasteiger charge is -2.13. The number of rotatable bonds is 5. The molecule has 1 amide bonds. The van der Waals surface area contributed by atoms with Gasteiger partial charge >= 0.3 is 0 Å². The molecular formula is C19H20FNO3. The number of carbonyl (C=O) groups excluding carboxylic acids is 1. The third kappa shape index (κ3) is 3.50. The van der Waals surface area contributed by atoms with Crippen molar-refractivity contribution in [3.8, 4) is 11.5 Å². The molecule has 1 N–H and O–H groups in total. The lowest BCUT2D eigenvalue weighted by molar-refractivity contribution is 0.0950. The fraction of sp³-hybridized carbons (Fsp3) is 0.316. The van der Waals surface area contributed by atoms with Crippen LogP contribution in [-0.4, -0.2) is 18.6 Å². The van der Waals surface area contributed by atoms with E-state index in [1.54, 1.807) is 6.07 Å². The van der Waals surface area contributed by atoms with Crippen molar-refractivity contribution in [2.75, 3.05) is 6.61 Å². The van der Waals surface area contributed by atoms with Gasteiger partial charge in [0.05, 0.1) is 6.61 Å². The second-order valence-electron chi connectivity index (χ2n) is 5.83. The van der Waals surface area contributed by atoms with Crippen molar-refractivity contribution in [1.29, 1.82) is 0 Å². The van der Waals surface area contributed by atoms with Crippen LogP contribution in [0.1, 0.15) is 35.3 Å². The smallest absolute Gasteiger partial charge is 0.251 e. The highest BCUT2D eigenvalue weighted by atomic mass is 19.1. The molecule has 2 aromatic rings. The predicted molar refractivity (Wildman–Crippen MR) is 89.0 cm³/mol. The summed E-state index contributed by atoms with van der Waals surface area (Å²) in [5, 5.41) is 2.80. The minimum Gasteiger partial charge on any atom is -0.494 e. The Kier molecular flexibility index (Phi) is 4.69. The Morgan fingerprint density at radius 2 is 2.21 bits per heavy atom. The molecule has 1 aliphatic rings. The van der Waals surface area contributed by atoms with E-state index < -0.39 is 5.82 Å². The van der Waals surface area contributed by atoms with E-state index in [9.17, 15) is 9.18 Å². The standard InChI is InChI=1S/C19H20FNO3/c1-3-23-17-9-14-7-12(2)24-18(14)10-15(17)11-21-19(22)13-5-4-6-16(20)8-13/h4-6,8-10,12H,3,7,11H2,1-2H3,(H,21,22)/t12-/m1/s1. The van der Waals surface area contributed by atoms with E-state index in [4.69, 9.17) is 9.47 Å². The Bertz CT molecular complexity index is 760. The highest BCUT2D eigenvalue weighted by molar-refractivity contribution is 5.94. The van der Waals surface area contributed by atoms with Crippen LogP contribution in [0.4, 0.5) is 4.39 Å². The van der Waals surface area contributed by atoms with Crippen molar-refractivity contribution in [1.82, 2.24) is 5.32 Å². The first-order valence-electron chi connectivity index (χ1n) is 8.06. The first kappa shape index (κ1) is 16.3. The SMILES string of the molecule is CCOc1cc2c(cc1CNC(=O)c1cccc(F)c1)O[C@H](C)C2. The van der Waals surface area contributed by atoms with Crippen LogP contribution in [0.5, 0.6) is 11.5 Å². The molecule has 0 aromatic heterocycles. The molecule has 1 heterocycles. The summed E-state index contributed by atoms with van der Waals surface area (Å²) in [6.07, 6.45) is 0.998. The number of ether oxygens (including phenoxy) is 2. The molecule has 0 spiro atoms. The van der Waals surface area contributed by atoms with E-state index in [0.29, 0.717) is 12.2 Å². The third-order valence-electron chi connectivity index (χ3n) is 3.91. The lowest BCUT2D eigenvalue weighted by Crippen LogP contribution is -2.23. The molecule has 3 rings (SSSR count). The summed E-state index contributed by atoms with van der Waals surface area (Å²) >= 11 is 0. The van der Waals surface area contributed by atoms with Gasteiger partial charge in [0.15, 0.2) is 0 Å². The van der Waals surface area contributed by atoms with Gasteiger partial charge in [0, 0.05) is 29.7 Å². The normalized spacial score (nSPS) is 15.5. The van der Waals surface area contributed by atoms with Gasteiger partial charge in [0.25, 0.3) is 5.91 Å². The number of hydrogen-bond acceptors (Lipinski definition) is 3. The van der Waals surface area contributed by atoms with Crippen molar-refractivity contribution in [3.63, 3.8) is 0 Å². The summed E-state index contributed by atoms with van der Waals surface area (Å²) in [7, 11) is 0. The largest absolute Gasteiger partial charge is 0.494 e. The van der Waals surface area contributed by atoms with Gasteiger partial charge in [-0.05, 0) is 44.2 Å². The fourth-order valence-electron chi connectivity index (χ4n) is 2.82. The van der Waals surface area contributed by atoms with Gasteiger partial charge in [-0.1, -0.05) is 6.07 Å². The van der Waals surface area contributed by atoms with E-state index in [0.717, 1.165) is 29.0 Å². The number of benzene rings is 2. The van der Waals surface area contributed by atoms with E-state index >= 15 is 0 Å². The highest BCUT2D eigenvalue weighted by Crippen LogP contribution is 2.35. The molecule has 0 saturated heterocycles. The molecule has 0 unspecified atom stereocenters. The molecule has 0 bridgehead atoms. The van der Waals surface area contributed by atoms with Crippen molar-refractivity contribution < 1.29 is 18.7 Å². The number of fused-ring (bicyclic) bond motifs is 1. The molecule has 0 aliphatic carbocycles. The van der Waals surface area contributed by atoms with Crippen molar-refractivity contribution in [3.05, 3.63) is 58.9 Å². The summed E-state index contributed by atoms with van der Waals surface area (Å²) in [6.45, 7) is 4.77. The van der Waals surface area contributed by atoms with Crippen LogP contribution in [0.2, 0.25) is 0 Å². The minimum absolute atomic E-state index is 0.145. The van der Waals surface area contributed by atoms with Gasteiger partial charge in [-0.3, -0.25) is 4.79 Å². The van der Waals surface area contributed by atoms with Gasteiger partial charge in [0.2, 0.25) is 0 Å². The summed E-state index contributed by atoms with van der Waals surface area (Å²) in [4.78, 5) is 12.2. The number of nitrogens with one attached hydrogen (secondary N) is 1. The van der Waals surface area contributed by atoms with Crippen LogP contribution in [0.3, 0.4) is 0 Å². The van der Waals surface area contributed by atoms with Crippen molar-refractivity contribution >= 4 is 5.91 Å². The maximum absolute atomic E-state index is 13.2. The molecule has 2 aromatic carbocycles. The number of halogens is 1. The third-order valence-corrected chi connectivity index (χ3v) is 3.91. The van der Waals surface area contributed by atoms with Crippen LogP contribution in [0.25, 0.3) is 0 Å². The van der Waals surface area contributed by atoms with E-state index in [2.05, 4.69) is 5.32 Å². The molecule has 0 saturated carbocycles. The Hall–Kier alpha value is -2.56. The topological polar surface area (TPSA) is 47.6 Å². The molecule has 126 valence electrons. The van der Waals surface area contributed by atoms with Gasteiger partial charge in [0.1, 0.15) is 23.4 Å². The average molecular weight is 329 g/mol. The second kappa shape index (κ2) is 6.91. The number of hydrogen-bond donors (Lipinski definition) is 1. The highest BCUT2D eigenvalue weighted by Gasteiger charge is 2.22. The predicted octanol–water partition coefficient (Wildman–Crippen LogP) is 3.48. The fourth-order valence-corrected chi connectivity index (χ4v) is 2.82. The van der Waals surface area contributed by atoms with Crippen LogP contribution in [0, 0.1) is 5.82 Å². The van der Waals surface area contributed by atoms with E-state index in [-0.39, 0.29) is 18.6 Å². The van der Waals surface area contributed by atoms with Crippen LogP contribution < -0.4 is 14.8 Å². The van der Waals surface area contributed by atoms with Crippen LogP contribution >= 0.6 is 0 Å². The van der Waals surface area contributed by atoms with Crippen LogP contribution in [0.15, 0.2) is 36.4 Å². The Morgan fingerprint density at radius 1 is 1.38 bits per heavy atom. The zero-order valence-corrected chi connectivity index (χ0v) is 13.8. The average Bonchev–Trinajstić information content (AvgIpc) is 2.91. The summed E-state index contributed by atoms with van der Waals surface area (Å²) < 4.78 is 24.7. The van der Waals surface area contributed by atoms with Gasteiger partial charge in [-0.25, -0.2) is 4.39 Å². The Labute approximate surface area is 140 Å². The zero-order chi connectivity index (χ0) is 17.1. The van der Waals surface area contributed by atoms with Crippen molar-refractivity contribution in [2.45, 2.75) is 32.9 Å². The molecule has 5 heteroatoms. The van der Waals surface area contributed by atoms with E-state index in [1.165, 1.54) is 18.2 Å². The van der Waals surface area contributed by atoms with Crippen molar-refractivity contribution in [2.24, 2.45) is 0 Å². The zero-order valence-electron chi connectivity index (χ0n) is 13.8. The van der Waals surface area contributed by atoms with Crippen LogP contribution in [-0.2, 0) is 13.0 Å².